The minimum atomic E-state index is -3.90. The van der Waals surface area contributed by atoms with Gasteiger partial charge in [-0.2, -0.15) is 0 Å². The Morgan fingerprint density at radius 1 is 0.931 bits per heavy atom. The normalized spacial score (nSPS) is 13.1. The van der Waals surface area contributed by atoms with E-state index >= 15 is 0 Å². The number of ether oxygens (including phenoxy) is 1. The second kappa shape index (κ2) is 7.87. The topological polar surface area (TPSA) is 72.5 Å². The Labute approximate surface area is 171 Å². The van der Waals surface area contributed by atoms with E-state index in [0.717, 1.165) is 16.3 Å². The number of aryl methyl sites for hydroxylation is 1. The van der Waals surface area contributed by atoms with Crippen molar-refractivity contribution in [1.29, 1.82) is 0 Å². The van der Waals surface area contributed by atoms with Crippen LogP contribution >= 0.6 is 0 Å². The molecule has 0 aliphatic rings. The van der Waals surface area contributed by atoms with Gasteiger partial charge in [0, 0.05) is 0 Å². The van der Waals surface area contributed by atoms with Crippen LogP contribution in [-0.4, -0.2) is 20.1 Å². The Hall–Kier alpha value is -2.86. The Kier molecular flexibility index (Phi) is 5.66. The van der Waals surface area contributed by atoms with Crippen molar-refractivity contribution in [3.63, 3.8) is 0 Å². The number of alkyl carbamates (subject to hydrolysis) is 1. The van der Waals surface area contributed by atoms with Crippen LogP contribution in [-0.2, 0) is 14.6 Å². The molecule has 0 aliphatic carbocycles. The lowest BCUT2D eigenvalue weighted by Gasteiger charge is -2.24. The van der Waals surface area contributed by atoms with Gasteiger partial charge in [0.1, 0.15) is 5.60 Å². The van der Waals surface area contributed by atoms with Crippen molar-refractivity contribution in [3.05, 3.63) is 77.9 Å². The van der Waals surface area contributed by atoms with E-state index < -0.39 is 26.9 Å². The highest BCUT2D eigenvalue weighted by Gasteiger charge is 2.32. The maximum absolute atomic E-state index is 13.4. The van der Waals surface area contributed by atoms with E-state index in [0.29, 0.717) is 5.56 Å². The molecule has 1 amide bonds. The molecule has 3 rings (SSSR count). The summed E-state index contributed by atoms with van der Waals surface area (Å²) >= 11 is 0. The fraction of sp³-hybridized carbons (Fsp3) is 0.261. The lowest BCUT2D eigenvalue weighted by Crippen LogP contribution is -2.38. The van der Waals surface area contributed by atoms with Crippen LogP contribution in [0.2, 0.25) is 0 Å². The predicted molar refractivity (Wildman–Crippen MR) is 114 cm³/mol. The first kappa shape index (κ1) is 20.9. The van der Waals surface area contributed by atoms with Crippen LogP contribution in [0.5, 0.6) is 0 Å². The molecule has 0 spiro atoms. The fourth-order valence-corrected chi connectivity index (χ4v) is 4.53. The lowest BCUT2D eigenvalue weighted by molar-refractivity contribution is 0.0519. The zero-order chi connectivity index (χ0) is 21.2. The van der Waals surface area contributed by atoms with Gasteiger partial charge in [0.15, 0.2) is 5.37 Å². The molecule has 0 saturated carbocycles. The Bertz CT molecular complexity index is 1130. The first-order valence-electron chi connectivity index (χ1n) is 9.35. The van der Waals surface area contributed by atoms with Gasteiger partial charge in [-0.1, -0.05) is 54.1 Å². The Morgan fingerprint density at radius 3 is 2.17 bits per heavy atom. The summed E-state index contributed by atoms with van der Waals surface area (Å²) in [6.07, 6.45) is -0.786. The van der Waals surface area contributed by atoms with Gasteiger partial charge < -0.3 is 10.1 Å². The summed E-state index contributed by atoms with van der Waals surface area (Å²) in [5, 5.41) is 3.16. The van der Waals surface area contributed by atoms with Crippen molar-refractivity contribution in [1.82, 2.24) is 5.32 Å². The zero-order valence-electron chi connectivity index (χ0n) is 17.0. The molecular formula is C23H25NO4S. The number of nitrogens with one attached hydrogen (secondary N) is 1. The van der Waals surface area contributed by atoms with Gasteiger partial charge in [0.25, 0.3) is 0 Å². The summed E-state index contributed by atoms with van der Waals surface area (Å²) < 4.78 is 32.1. The molecule has 0 saturated heterocycles. The molecule has 1 unspecified atom stereocenters. The molecule has 3 aromatic carbocycles. The van der Waals surface area contributed by atoms with Gasteiger partial charge in [0.05, 0.1) is 4.90 Å². The Balaban J connectivity index is 2.07. The van der Waals surface area contributed by atoms with Gasteiger partial charge >= 0.3 is 6.09 Å². The molecule has 6 heteroatoms. The molecule has 1 atom stereocenters. The van der Waals surface area contributed by atoms with Gasteiger partial charge in [-0.25, -0.2) is 13.2 Å². The monoisotopic (exact) mass is 411 g/mol. The molecule has 5 nitrogen and oxygen atoms in total. The number of amides is 1. The smallest absolute Gasteiger partial charge is 0.408 e. The summed E-state index contributed by atoms with van der Waals surface area (Å²) in [5.41, 5.74) is 0.674. The van der Waals surface area contributed by atoms with Crippen molar-refractivity contribution >= 4 is 26.7 Å². The first-order valence-corrected chi connectivity index (χ1v) is 10.9. The molecule has 0 bridgehead atoms. The van der Waals surface area contributed by atoms with Crippen LogP contribution in [0.15, 0.2) is 71.6 Å². The number of hydrogen-bond donors (Lipinski definition) is 1. The predicted octanol–water partition coefficient (Wildman–Crippen LogP) is 5.15. The quantitative estimate of drug-likeness (QED) is 0.645. The van der Waals surface area contributed by atoms with E-state index in [-0.39, 0.29) is 4.90 Å². The highest BCUT2D eigenvalue weighted by molar-refractivity contribution is 7.91. The van der Waals surface area contributed by atoms with Crippen LogP contribution in [0.25, 0.3) is 10.8 Å². The third-order valence-electron chi connectivity index (χ3n) is 4.38. The van der Waals surface area contributed by atoms with Crippen LogP contribution in [0.1, 0.15) is 37.3 Å². The number of carbonyl (C=O) groups is 1. The second-order valence-corrected chi connectivity index (χ2v) is 10.0. The van der Waals surface area contributed by atoms with E-state index in [1.807, 2.05) is 37.3 Å². The first-order chi connectivity index (χ1) is 13.6. The fourth-order valence-electron chi connectivity index (χ4n) is 2.99. The van der Waals surface area contributed by atoms with E-state index in [4.69, 9.17) is 4.74 Å². The van der Waals surface area contributed by atoms with Crippen LogP contribution < -0.4 is 5.32 Å². The summed E-state index contributed by atoms with van der Waals surface area (Å²) in [6, 6.07) is 19.6. The minimum Gasteiger partial charge on any atom is -0.444 e. The zero-order valence-corrected chi connectivity index (χ0v) is 17.8. The summed E-state index contributed by atoms with van der Waals surface area (Å²) in [6.45, 7) is 7.07. The number of carbonyl (C=O) groups excluding carboxylic acids is 1. The molecule has 152 valence electrons. The third-order valence-corrected chi connectivity index (χ3v) is 6.32. The van der Waals surface area contributed by atoms with Gasteiger partial charge in [-0.05, 0) is 62.2 Å². The van der Waals surface area contributed by atoms with Crippen LogP contribution in [0.4, 0.5) is 4.79 Å². The molecule has 0 fully saturated rings. The molecular weight excluding hydrogens is 386 g/mol. The Morgan fingerprint density at radius 2 is 1.55 bits per heavy atom. The average Bonchev–Trinajstić information content (AvgIpc) is 2.64. The number of sulfone groups is 1. The van der Waals surface area contributed by atoms with Crippen LogP contribution in [0, 0.1) is 6.92 Å². The van der Waals surface area contributed by atoms with Crippen molar-refractivity contribution < 1.29 is 17.9 Å². The number of benzene rings is 3. The average molecular weight is 412 g/mol. The molecule has 0 radical (unpaired) electrons. The van der Waals surface area contributed by atoms with Gasteiger partial charge in [0.2, 0.25) is 9.84 Å². The van der Waals surface area contributed by atoms with E-state index in [1.165, 1.54) is 0 Å². The maximum atomic E-state index is 13.4. The summed E-state index contributed by atoms with van der Waals surface area (Å²) in [7, 11) is -3.90. The SMILES string of the molecule is Cc1ccc(S(=O)(=O)C(NC(=O)OC(C)(C)C)c2ccc3ccccc3c2)cc1. The van der Waals surface area contributed by atoms with E-state index in [1.54, 1.807) is 57.2 Å². The highest BCUT2D eigenvalue weighted by atomic mass is 32.2. The molecule has 0 aromatic heterocycles. The standard InChI is InChI=1S/C23H25NO4S/c1-16-9-13-20(14-10-16)29(26,27)21(24-22(25)28-23(2,3)4)19-12-11-17-7-5-6-8-18(17)15-19/h5-15,21H,1-4H3,(H,24,25). The van der Waals surface area contributed by atoms with Gasteiger partial charge in [-0.15, -0.1) is 0 Å². The van der Waals surface area contributed by atoms with Crippen molar-refractivity contribution in [2.24, 2.45) is 0 Å². The third kappa shape index (κ3) is 4.95. The summed E-state index contributed by atoms with van der Waals surface area (Å²) in [5.74, 6) is 0. The number of rotatable bonds is 4. The lowest BCUT2D eigenvalue weighted by atomic mass is 10.1. The molecule has 3 aromatic rings. The van der Waals surface area contributed by atoms with Crippen molar-refractivity contribution in [3.8, 4) is 0 Å². The van der Waals surface area contributed by atoms with Gasteiger partial charge in [-0.3, -0.25) is 0 Å². The minimum absolute atomic E-state index is 0.136. The van der Waals surface area contributed by atoms with E-state index in [9.17, 15) is 13.2 Å². The highest BCUT2D eigenvalue weighted by Crippen LogP contribution is 2.29. The van der Waals surface area contributed by atoms with Crippen LogP contribution in [0.3, 0.4) is 0 Å². The largest absolute Gasteiger partial charge is 0.444 e. The summed E-state index contributed by atoms with van der Waals surface area (Å²) in [4.78, 5) is 12.6. The maximum Gasteiger partial charge on any atom is 0.408 e. The van der Waals surface area contributed by atoms with Crippen molar-refractivity contribution in [2.45, 2.75) is 43.6 Å². The number of hydrogen-bond acceptors (Lipinski definition) is 4. The molecule has 1 N–H and O–H groups in total. The number of fused-ring (bicyclic) bond motifs is 1. The van der Waals surface area contributed by atoms with Crippen molar-refractivity contribution in [2.75, 3.05) is 0 Å². The molecule has 0 aliphatic heterocycles. The van der Waals surface area contributed by atoms with E-state index in [2.05, 4.69) is 5.32 Å². The molecule has 0 heterocycles. The molecule has 29 heavy (non-hydrogen) atoms. The second-order valence-electron chi connectivity index (χ2n) is 7.99.